The zero-order chi connectivity index (χ0) is 18.6. The molecule has 1 amide bonds. The maximum absolute atomic E-state index is 12.7. The number of hydrogen-bond acceptors (Lipinski definition) is 4. The molecule has 1 N–H and O–H groups in total. The fraction of sp³-hybridized carbons (Fsp3) is 0.278. The fourth-order valence-electron chi connectivity index (χ4n) is 2.45. The molecule has 0 saturated heterocycles. The molecule has 0 aromatic heterocycles. The molecule has 0 radical (unpaired) electrons. The van der Waals surface area contributed by atoms with E-state index in [2.05, 4.69) is 5.32 Å². The van der Waals surface area contributed by atoms with Crippen LogP contribution >= 0.6 is 0 Å². The maximum atomic E-state index is 12.7. The molecule has 0 aliphatic carbocycles. The normalized spacial score (nSPS) is 11.4. The number of likely N-dealkylation sites (N-methyl/N-ethyl adjacent to an activating group) is 1. The highest BCUT2D eigenvalue weighted by Crippen LogP contribution is 2.20. The van der Waals surface area contributed by atoms with Crippen LogP contribution in [-0.2, 0) is 14.8 Å². The molecule has 0 unspecified atom stereocenters. The summed E-state index contributed by atoms with van der Waals surface area (Å²) in [6.07, 6.45) is 0. The third kappa shape index (κ3) is 4.58. The molecule has 6 nitrogen and oxygen atoms in total. The van der Waals surface area contributed by atoms with Crippen LogP contribution in [0.5, 0.6) is 5.75 Å². The lowest BCUT2D eigenvalue weighted by Crippen LogP contribution is -2.35. The van der Waals surface area contributed by atoms with Crippen LogP contribution < -0.4 is 10.1 Å². The Bertz CT molecular complexity index is 878. The number of nitrogens with zero attached hydrogens (tertiary/aromatic N) is 1. The Balaban J connectivity index is 2.11. The first-order valence-corrected chi connectivity index (χ1v) is 9.15. The van der Waals surface area contributed by atoms with Crippen LogP contribution in [0.25, 0.3) is 0 Å². The Morgan fingerprint density at radius 2 is 1.88 bits per heavy atom. The van der Waals surface area contributed by atoms with Crippen LogP contribution in [0.3, 0.4) is 0 Å². The molecule has 2 aromatic rings. The Hall–Kier alpha value is -2.38. The summed E-state index contributed by atoms with van der Waals surface area (Å²) in [7, 11) is -0.817. The second-order valence-corrected chi connectivity index (χ2v) is 7.82. The van der Waals surface area contributed by atoms with Gasteiger partial charge in [-0.1, -0.05) is 23.8 Å². The van der Waals surface area contributed by atoms with E-state index >= 15 is 0 Å². The molecule has 0 saturated carbocycles. The van der Waals surface area contributed by atoms with E-state index in [9.17, 15) is 13.2 Å². The van der Waals surface area contributed by atoms with E-state index < -0.39 is 15.9 Å². The highest BCUT2D eigenvalue weighted by Gasteiger charge is 2.24. The average Bonchev–Trinajstić information content (AvgIpc) is 2.54. The number of ether oxygens (including phenoxy) is 1. The number of aryl methyl sites for hydroxylation is 2. The Labute approximate surface area is 148 Å². The van der Waals surface area contributed by atoms with Gasteiger partial charge < -0.3 is 10.1 Å². The van der Waals surface area contributed by atoms with Gasteiger partial charge in [0, 0.05) is 18.8 Å². The van der Waals surface area contributed by atoms with Gasteiger partial charge in [-0.25, -0.2) is 8.42 Å². The Morgan fingerprint density at radius 1 is 1.16 bits per heavy atom. The molecule has 0 heterocycles. The van der Waals surface area contributed by atoms with Crippen LogP contribution in [0.15, 0.2) is 47.4 Å². The van der Waals surface area contributed by atoms with Crippen LogP contribution in [0.1, 0.15) is 11.1 Å². The van der Waals surface area contributed by atoms with Crippen molar-refractivity contribution in [3.05, 3.63) is 53.6 Å². The Morgan fingerprint density at radius 3 is 2.52 bits per heavy atom. The Kier molecular flexibility index (Phi) is 5.81. The monoisotopic (exact) mass is 362 g/mol. The number of amides is 1. The number of sulfonamides is 1. The van der Waals surface area contributed by atoms with Gasteiger partial charge in [0.1, 0.15) is 5.75 Å². The minimum atomic E-state index is -3.74. The van der Waals surface area contributed by atoms with E-state index in [-0.39, 0.29) is 11.4 Å². The first-order chi connectivity index (χ1) is 11.7. The lowest BCUT2D eigenvalue weighted by atomic mass is 10.2. The van der Waals surface area contributed by atoms with Gasteiger partial charge in [-0.3, -0.25) is 4.79 Å². The predicted molar refractivity (Wildman–Crippen MR) is 97.4 cm³/mol. The van der Waals surface area contributed by atoms with Crippen LogP contribution in [0.4, 0.5) is 5.69 Å². The van der Waals surface area contributed by atoms with E-state index in [0.29, 0.717) is 17.0 Å². The molecule has 134 valence electrons. The van der Waals surface area contributed by atoms with Gasteiger partial charge in [0.05, 0.1) is 18.6 Å². The van der Waals surface area contributed by atoms with Crippen molar-refractivity contribution >= 4 is 21.6 Å². The summed E-state index contributed by atoms with van der Waals surface area (Å²) < 4.78 is 31.5. The second kappa shape index (κ2) is 7.67. The van der Waals surface area contributed by atoms with Crippen molar-refractivity contribution < 1.29 is 17.9 Å². The number of benzene rings is 2. The average molecular weight is 362 g/mol. The number of rotatable bonds is 6. The lowest BCUT2D eigenvalue weighted by Gasteiger charge is -2.18. The molecule has 0 bridgehead atoms. The molecule has 0 aliphatic heterocycles. The SMILES string of the molecule is COc1cccc(NC(=O)CN(C)S(=O)(=O)c2ccc(C)cc2C)c1. The van der Waals surface area contributed by atoms with Crippen molar-refractivity contribution in [2.75, 3.05) is 26.0 Å². The van der Waals surface area contributed by atoms with Gasteiger partial charge in [0.25, 0.3) is 0 Å². The summed E-state index contributed by atoms with van der Waals surface area (Å²) in [5, 5.41) is 2.67. The molecule has 0 fully saturated rings. The summed E-state index contributed by atoms with van der Waals surface area (Å²) in [5.74, 6) is 0.179. The summed E-state index contributed by atoms with van der Waals surface area (Å²) in [4.78, 5) is 12.4. The molecule has 2 aromatic carbocycles. The van der Waals surface area contributed by atoms with E-state index in [1.165, 1.54) is 14.2 Å². The number of hydrogen-bond donors (Lipinski definition) is 1. The van der Waals surface area contributed by atoms with Crippen molar-refractivity contribution in [3.8, 4) is 5.75 Å². The summed E-state index contributed by atoms with van der Waals surface area (Å²) >= 11 is 0. The van der Waals surface area contributed by atoms with Crippen LogP contribution in [-0.4, -0.2) is 39.3 Å². The van der Waals surface area contributed by atoms with E-state index in [0.717, 1.165) is 9.87 Å². The first kappa shape index (κ1) is 19.0. The second-order valence-electron chi connectivity index (χ2n) is 5.81. The highest BCUT2D eigenvalue weighted by atomic mass is 32.2. The first-order valence-electron chi connectivity index (χ1n) is 7.71. The zero-order valence-corrected chi connectivity index (χ0v) is 15.6. The van der Waals surface area contributed by atoms with Crippen LogP contribution in [0.2, 0.25) is 0 Å². The van der Waals surface area contributed by atoms with Gasteiger partial charge in [-0.15, -0.1) is 0 Å². The predicted octanol–water partition coefficient (Wildman–Crippen LogP) is 2.57. The maximum Gasteiger partial charge on any atom is 0.243 e. The summed E-state index contributed by atoms with van der Waals surface area (Å²) in [6.45, 7) is 3.35. The van der Waals surface area contributed by atoms with Crippen molar-refractivity contribution in [3.63, 3.8) is 0 Å². The van der Waals surface area contributed by atoms with Crippen molar-refractivity contribution in [1.29, 1.82) is 0 Å². The molecule has 2 rings (SSSR count). The number of carbonyl (C=O) groups excluding carboxylic acids is 1. The van der Waals surface area contributed by atoms with Gasteiger partial charge in [0.15, 0.2) is 0 Å². The molecular formula is C18H22N2O4S. The van der Waals surface area contributed by atoms with Crippen molar-refractivity contribution in [1.82, 2.24) is 4.31 Å². The third-order valence-electron chi connectivity index (χ3n) is 3.74. The third-order valence-corrected chi connectivity index (χ3v) is 5.70. The fourth-order valence-corrected chi connectivity index (χ4v) is 3.77. The quantitative estimate of drug-likeness (QED) is 0.857. The van der Waals surface area contributed by atoms with Gasteiger partial charge in [-0.05, 0) is 37.6 Å². The molecule has 7 heteroatoms. The smallest absolute Gasteiger partial charge is 0.243 e. The van der Waals surface area contributed by atoms with Crippen LogP contribution in [0, 0.1) is 13.8 Å². The van der Waals surface area contributed by atoms with E-state index in [1.807, 2.05) is 6.92 Å². The largest absolute Gasteiger partial charge is 0.497 e. The molecule has 0 aliphatic rings. The zero-order valence-electron chi connectivity index (χ0n) is 14.7. The topological polar surface area (TPSA) is 75.7 Å². The molecule has 0 spiro atoms. The van der Waals surface area contributed by atoms with Gasteiger partial charge in [0.2, 0.25) is 15.9 Å². The standard InChI is InChI=1S/C18H22N2O4S/c1-13-8-9-17(14(2)10-13)25(22,23)20(3)12-18(21)19-15-6-5-7-16(11-15)24-4/h5-11H,12H2,1-4H3,(H,19,21). The molecule has 25 heavy (non-hydrogen) atoms. The lowest BCUT2D eigenvalue weighted by molar-refractivity contribution is -0.116. The number of carbonyl (C=O) groups is 1. The van der Waals surface area contributed by atoms with Crippen molar-refractivity contribution in [2.45, 2.75) is 18.7 Å². The number of nitrogens with one attached hydrogen (secondary N) is 1. The molecule has 0 atom stereocenters. The number of methoxy groups -OCH3 is 1. The van der Waals surface area contributed by atoms with Gasteiger partial charge in [-0.2, -0.15) is 4.31 Å². The summed E-state index contributed by atoms with van der Waals surface area (Å²) in [6, 6.07) is 12.0. The highest BCUT2D eigenvalue weighted by molar-refractivity contribution is 7.89. The minimum absolute atomic E-state index is 0.204. The van der Waals surface area contributed by atoms with E-state index in [1.54, 1.807) is 49.4 Å². The minimum Gasteiger partial charge on any atom is -0.497 e. The number of anilines is 1. The summed E-state index contributed by atoms with van der Waals surface area (Å²) in [5.41, 5.74) is 2.18. The van der Waals surface area contributed by atoms with E-state index in [4.69, 9.17) is 4.74 Å². The van der Waals surface area contributed by atoms with Gasteiger partial charge >= 0.3 is 0 Å². The van der Waals surface area contributed by atoms with Crippen molar-refractivity contribution in [2.24, 2.45) is 0 Å². The molecular weight excluding hydrogens is 340 g/mol.